The Morgan fingerprint density at radius 1 is 1.41 bits per heavy atom. The summed E-state index contributed by atoms with van der Waals surface area (Å²) in [6, 6.07) is 4.00. The molecule has 0 atom stereocenters. The van der Waals surface area contributed by atoms with Gasteiger partial charge in [0.15, 0.2) is 6.61 Å². The van der Waals surface area contributed by atoms with E-state index < -0.39 is 5.82 Å². The lowest BCUT2D eigenvalue weighted by molar-refractivity contribution is -0.132. The number of hydrogen-bond donors (Lipinski definition) is 0. The summed E-state index contributed by atoms with van der Waals surface area (Å²) in [4.78, 5) is 13.3. The number of carbonyl (C=O) groups is 1. The highest BCUT2D eigenvalue weighted by Gasteiger charge is 2.10. The van der Waals surface area contributed by atoms with E-state index >= 15 is 0 Å². The Hall–Kier alpha value is -1.29. The number of nitrogens with zero attached hydrogens (tertiary/aromatic N) is 1. The van der Waals surface area contributed by atoms with E-state index in [9.17, 15) is 9.18 Å². The second-order valence-electron chi connectivity index (χ2n) is 3.43. The van der Waals surface area contributed by atoms with Crippen LogP contribution in [0.5, 0.6) is 5.75 Å². The molecule has 0 aliphatic carbocycles. The van der Waals surface area contributed by atoms with E-state index in [0.29, 0.717) is 18.8 Å². The molecule has 1 aromatic rings. The molecule has 1 amide bonds. The zero-order valence-corrected chi connectivity index (χ0v) is 10.6. The van der Waals surface area contributed by atoms with Gasteiger partial charge in [-0.25, -0.2) is 4.39 Å². The molecule has 1 aromatic carbocycles. The van der Waals surface area contributed by atoms with Gasteiger partial charge in [-0.1, -0.05) is 11.6 Å². The van der Waals surface area contributed by atoms with Gasteiger partial charge in [0.2, 0.25) is 0 Å². The molecule has 0 aliphatic heterocycles. The molecule has 3 nitrogen and oxygen atoms in total. The predicted octanol–water partition coefficient (Wildman–Crippen LogP) is 2.73. The van der Waals surface area contributed by atoms with Crippen LogP contribution in [0.1, 0.15) is 13.8 Å². The largest absolute Gasteiger partial charge is 0.484 e. The smallest absolute Gasteiger partial charge is 0.260 e. The maximum Gasteiger partial charge on any atom is 0.260 e. The van der Waals surface area contributed by atoms with Crippen LogP contribution in [-0.4, -0.2) is 30.5 Å². The average molecular weight is 260 g/mol. The Bertz CT molecular complexity index is 394. The number of ether oxygens (including phenoxy) is 1. The van der Waals surface area contributed by atoms with Crippen molar-refractivity contribution in [1.82, 2.24) is 4.90 Å². The minimum Gasteiger partial charge on any atom is -0.484 e. The molecule has 0 aliphatic rings. The van der Waals surface area contributed by atoms with Crippen molar-refractivity contribution in [1.29, 1.82) is 0 Å². The van der Waals surface area contributed by atoms with Crippen LogP contribution in [-0.2, 0) is 4.79 Å². The molecular weight excluding hydrogens is 245 g/mol. The van der Waals surface area contributed by atoms with Gasteiger partial charge in [0.05, 0.1) is 5.02 Å². The van der Waals surface area contributed by atoms with Crippen LogP contribution >= 0.6 is 11.6 Å². The number of carbonyl (C=O) groups excluding carboxylic acids is 1. The first-order valence-corrected chi connectivity index (χ1v) is 5.81. The summed E-state index contributed by atoms with van der Waals surface area (Å²) in [5.74, 6) is -0.221. The average Bonchev–Trinajstić information content (AvgIpc) is 2.32. The maximum atomic E-state index is 12.9. The molecule has 94 valence electrons. The first kappa shape index (κ1) is 13.8. The Labute approximate surface area is 105 Å². The van der Waals surface area contributed by atoms with E-state index in [-0.39, 0.29) is 17.5 Å². The molecule has 0 radical (unpaired) electrons. The van der Waals surface area contributed by atoms with Crippen LogP contribution in [0.15, 0.2) is 18.2 Å². The maximum absolute atomic E-state index is 12.9. The minimum atomic E-state index is -0.505. The van der Waals surface area contributed by atoms with Gasteiger partial charge in [-0.2, -0.15) is 0 Å². The van der Waals surface area contributed by atoms with Gasteiger partial charge in [-0.15, -0.1) is 0 Å². The summed E-state index contributed by atoms with van der Waals surface area (Å²) < 4.78 is 18.1. The first-order chi connectivity index (χ1) is 8.08. The zero-order chi connectivity index (χ0) is 12.8. The fraction of sp³-hybridized carbons (Fsp3) is 0.417. The molecule has 0 heterocycles. The van der Waals surface area contributed by atoms with Crippen LogP contribution in [0.4, 0.5) is 4.39 Å². The van der Waals surface area contributed by atoms with Crippen LogP contribution in [0.3, 0.4) is 0 Å². The van der Waals surface area contributed by atoms with Gasteiger partial charge in [0, 0.05) is 19.2 Å². The highest BCUT2D eigenvalue weighted by Crippen LogP contribution is 2.20. The summed E-state index contributed by atoms with van der Waals surface area (Å²) in [6.07, 6.45) is 0. The normalized spacial score (nSPS) is 10.1. The molecule has 0 spiro atoms. The topological polar surface area (TPSA) is 29.5 Å². The third kappa shape index (κ3) is 3.89. The lowest BCUT2D eigenvalue weighted by Gasteiger charge is -2.18. The van der Waals surface area contributed by atoms with Gasteiger partial charge in [0.25, 0.3) is 5.91 Å². The molecule has 0 bridgehead atoms. The Morgan fingerprint density at radius 2 is 2.06 bits per heavy atom. The fourth-order valence-electron chi connectivity index (χ4n) is 1.38. The van der Waals surface area contributed by atoms with Crippen molar-refractivity contribution in [3.63, 3.8) is 0 Å². The Morgan fingerprint density at radius 3 is 2.59 bits per heavy atom. The van der Waals surface area contributed by atoms with Crippen molar-refractivity contribution in [3.8, 4) is 5.75 Å². The van der Waals surface area contributed by atoms with E-state index in [2.05, 4.69) is 0 Å². The molecule has 0 unspecified atom stereocenters. The second-order valence-corrected chi connectivity index (χ2v) is 3.84. The molecule has 1 rings (SSSR count). The lowest BCUT2D eigenvalue weighted by Crippen LogP contribution is -2.34. The van der Waals surface area contributed by atoms with E-state index in [1.165, 1.54) is 18.2 Å². The SMILES string of the molecule is CCN(CC)C(=O)COc1ccc(F)c(Cl)c1. The summed E-state index contributed by atoms with van der Waals surface area (Å²) in [5, 5.41) is -0.0159. The van der Waals surface area contributed by atoms with E-state index in [0.717, 1.165) is 0 Å². The summed E-state index contributed by atoms with van der Waals surface area (Å²) in [7, 11) is 0. The Balaban J connectivity index is 2.55. The number of benzene rings is 1. The fourth-order valence-corrected chi connectivity index (χ4v) is 1.55. The number of amides is 1. The molecule has 0 aromatic heterocycles. The number of halogens is 2. The highest BCUT2D eigenvalue weighted by atomic mass is 35.5. The van der Waals surface area contributed by atoms with E-state index in [1.807, 2.05) is 13.8 Å². The lowest BCUT2D eigenvalue weighted by atomic mass is 10.3. The van der Waals surface area contributed by atoms with Gasteiger partial charge in [0.1, 0.15) is 11.6 Å². The van der Waals surface area contributed by atoms with Crippen molar-refractivity contribution in [2.45, 2.75) is 13.8 Å². The van der Waals surface area contributed by atoms with Crippen molar-refractivity contribution in [2.75, 3.05) is 19.7 Å². The Kier molecular flexibility index (Phi) is 5.22. The predicted molar refractivity (Wildman–Crippen MR) is 64.8 cm³/mol. The van der Waals surface area contributed by atoms with Crippen molar-refractivity contribution < 1.29 is 13.9 Å². The van der Waals surface area contributed by atoms with Gasteiger partial charge < -0.3 is 9.64 Å². The zero-order valence-electron chi connectivity index (χ0n) is 9.87. The van der Waals surface area contributed by atoms with Crippen molar-refractivity contribution in [2.24, 2.45) is 0 Å². The van der Waals surface area contributed by atoms with Crippen LogP contribution in [0.2, 0.25) is 5.02 Å². The van der Waals surface area contributed by atoms with Crippen LogP contribution in [0, 0.1) is 5.82 Å². The van der Waals surface area contributed by atoms with Gasteiger partial charge in [-0.05, 0) is 26.0 Å². The van der Waals surface area contributed by atoms with E-state index in [4.69, 9.17) is 16.3 Å². The first-order valence-electron chi connectivity index (χ1n) is 5.44. The van der Waals surface area contributed by atoms with E-state index in [1.54, 1.807) is 4.90 Å². The van der Waals surface area contributed by atoms with Crippen molar-refractivity contribution in [3.05, 3.63) is 29.0 Å². The van der Waals surface area contributed by atoms with Crippen LogP contribution in [0.25, 0.3) is 0 Å². The number of rotatable bonds is 5. The molecule has 0 N–H and O–H groups in total. The van der Waals surface area contributed by atoms with Gasteiger partial charge in [-0.3, -0.25) is 4.79 Å². The third-order valence-electron chi connectivity index (χ3n) is 2.37. The summed E-state index contributed by atoms with van der Waals surface area (Å²) in [5.41, 5.74) is 0. The number of likely N-dealkylation sites (N-methyl/N-ethyl adjacent to an activating group) is 1. The van der Waals surface area contributed by atoms with Crippen LogP contribution < -0.4 is 4.74 Å². The highest BCUT2D eigenvalue weighted by molar-refractivity contribution is 6.30. The molecule has 0 fully saturated rings. The van der Waals surface area contributed by atoms with Gasteiger partial charge >= 0.3 is 0 Å². The molecule has 0 saturated heterocycles. The number of hydrogen-bond acceptors (Lipinski definition) is 2. The molecular formula is C12H15ClFNO2. The summed E-state index contributed by atoms with van der Waals surface area (Å²) >= 11 is 5.60. The quantitative estimate of drug-likeness (QED) is 0.814. The second kappa shape index (κ2) is 6.45. The monoisotopic (exact) mass is 259 g/mol. The van der Waals surface area contributed by atoms with Crippen molar-refractivity contribution >= 4 is 17.5 Å². The third-order valence-corrected chi connectivity index (χ3v) is 2.66. The minimum absolute atomic E-state index is 0.0159. The standard InChI is InChI=1S/C12H15ClFNO2/c1-3-15(4-2)12(16)8-17-9-5-6-11(14)10(13)7-9/h5-7H,3-4,8H2,1-2H3. The summed E-state index contributed by atoms with van der Waals surface area (Å²) in [6.45, 7) is 5.02. The molecule has 5 heteroatoms. The molecule has 0 saturated carbocycles. The molecule has 17 heavy (non-hydrogen) atoms.